The molecule has 2 N–H and O–H groups in total. The van der Waals surface area contributed by atoms with E-state index in [-0.39, 0.29) is 17.9 Å². The third kappa shape index (κ3) is 4.77. The lowest BCUT2D eigenvalue weighted by atomic mass is 10.1. The summed E-state index contributed by atoms with van der Waals surface area (Å²) in [5, 5.41) is 2.94. The van der Waals surface area contributed by atoms with Crippen LogP contribution in [0.2, 0.25) is 0 Å². The molecule has 1 fully saturated rings. The minimum atomic E-state index is -0.178. The number of morpholine rings is 1. The van der Waals surface area contributed by atoms with Crippen LogP contribution in [-0.2, 0) is 22.5 Å². The quantitative estimate of drug-likeness (QED) is 0.593. The maximum atomic E-state index is 12.6. The van der Waals surface area contributed by atoms with Gasteiger partial charge in [-0.2, -0.15) is 0 Å². The molecule has 1 aliphatic rings. The fourth-order valence-corrected chi connectivity index (χ4v) is 3.93. The number of benzene rings is 1. The molecule has 3 heterocycles. The lowest BCUT2D eigenvalue weighted by Crippen LogP contribution is -2.38. The predicted octanol–water partition coefficient (Wildman–Crippen LogP) is 1.32. The van der Waals surface area contributed by atoms with Crippen molar-refractivity contribution in [3.05, 3.63) is 51.7 Å². The molecule has 1 aromatic carbocycles. The Labute approximate surface area is 180 Å². The van der Waals surface area contributed by atoms with Gasteiger partial charge in [0.05, 0.1) is 24.2 Å². The largest absolute Gasteiger partial charge is 0.378 e. The number of aromatic nitrogens is 4. The molecule has 3 aromatic rings. The van der Waals surface area contributed by atoms with Crippen LogP contribution in [0.25, 0.3) is 11.0 Å². The Kier molecular flexibility index (Phi) is 6.31. The Balaban J connectivity index is 1.31. The summed E-state index contributed by atoms with van der Waals surface area (Å²) in [5.41, 5.74) is 3.06. The van der Waals surface area contributed by atoms with Gasteiger partial charge in [0.15, 0.2) is 0 Å². The average molecular weight is 425 g/mol. The lowest BCUT2D eigenvalue weighted by molar-refractivity contribution is -0.121. The second-order valence-corrected chi connectivity index (χ2v) is 7.70. The van der Waals surface area contributed by atoms with E-state index in [1.165, 1.54) is 0 Å². The molecule has 0 radical (unpaired) electrons. The summed E-state index contributed by atoms with van der Waals surface area (Å²) in [5.74, 6) is 1.41. The zero-order valence-corrected chi connectivity index (χ0v) is 18.0. The molecule has 1 saturated heterocycles. The third-order valence-corrected chi connectivity index (χ3v) is 5.63. The normalized spacial score (nSPS) is 14.2. The van der Waals surface area contributed by atoms with E-state index in [2.05, 4.69) is 24.8 Å². The van der Waals surface area contributed by atoms with Crippen LogP contribution >= 0.6 is 0 Å². The van der Waals surface area contributed by atoms with Crippen LogP contribution in [0.15, 0.2) is 29.1 Å². The van der Waals surface area contributed by atoms with Crippen molar-refractivity contribution in [3.8, 4) is 0 Å². The number of nitrogens with zero attached hydrogens (tertiary/aromatic N) is 4. The number of para-hydroxylation sites is 2. The molecule has 1 aliphatic heterocycles. The van der Waals surface area contributed by atoms with Crippen molar-refractivity contribution in [3.63, 3.8) is 0 Å². The van der Waals surface area contributed by atoms with Gasteiger partial charge in [0.2, 0.25) is 11.9 Å². The molecular formula is C22H28N6O3. The standard InChI is InChI=1S/C22H28N6O3/c1-15-17(21(30)26-22(24-15)27-11-13-31-14-12-27)7-8-20(29)23-9-10-28-16(2)25-18-5-3-4-6-19(18)28/h3-6H,7-14H2,1-2H3,(H,23,29)(H,24,26,30). The summed E-state index contributed by atoms with van der Waals surface area (Å²) in [4.78, 5) is 38.8. The van der Waals surface area contributed by atoms with Crippen molar-refractivity contribution >= 4 is 22.9 Å². The maximum absolute atomic E-state index is 12.6. The van der Waals surface area contributed by atoms with Crippen LogP contribution in [0.5, 0.6) is 0 Å². The number of aromatic amines is 1. The first-order valence-corrected chi connectivity index (χ1v) is 10.6. The number of amides is 1. The second-order valence-electron chi connectivity index (χ2n) is 7.70. The van der Waals surface area contributed by atoms with Gasteiger partial charge in [0, 0.05) is 43.9 Å². The molecule has 1 amide bonds. The summed E-state index contributed by atoms with van der Waals surface area (Å²) >= 11 is 0. The first-order chi connectivity index (χ1) is 15.0. The highest BCUT2D eigenvalue weighted by molar-refractivity contribution is 5.77. The number of nitrogens with one attached hydrogen (secondary N) is 2. The van der Waals surface area contributed by atoms with Crippen molar-refractivity contribution in [2.24, 2.45) is 0 Å². The van der Waals surface area contributed by atoms with E-state index in [9.17, 15) is 9.59 Å². The molecule has 9 heteroatoms. The average Bonchev–Trinajstić information content (AvgIpc) is 3.09. The summed E-state index contributed by atoms with van der Waals surface area (Å²) in [6, 6.07) is 7.96. The number of ether oxygens (including phenoxy) is 1. The van der Waals surface area contributed by atoms with Gasteiger partial charge in [-0.25, -0.2) is 9.97 Å². The number of fused-ring (bicyclic) bond motifs is 1. The van der Waals surface area contributed by atoms with Gasteiger partial charge < -0.3 is 19.5 Å². The van der Waals surface area contributed by atoms with Crippen LogP contribution in [0.3, 0.4) is 0 Å². The maximum Gasteiger partial charge on any atom is 0.255 e. The SMILES string of the molecule is Cc1nc(N2CCOCC2)[nH]c(=O)c1CCC(=O)NCCn1c(C)nc2ccccc21. The molecule has 0 bridgehead atoms. The third-order valence-electron chi connectivity index (χ3n) is 5.63. The summed E-state index contributed by atoms with van der Waals surface area (Å²) in [6.07, 6.45) is 0.600. The van der Waals surface area contributed by atoms with Crippen molar-refractivity contribution in [1.29, 1.82) is 0 Å². The second kappa shape index (κ2) is 9.30. The van der Waals surface area contributed by atoms with Crippen molar-refractivity contribution in [2.75, 3.05) is 37.7 Å². The van der Waals surface area contributed by atoms with Gasteiger partial charge in [-0.3, -0.25) is 14.6 Å². The highest BCUT2D eigenvalue weighted by Crippen LogP contribution is 2.15. The Morgan fingerprint density at radius 2 is 1.97 bits per heavy atom. The van der Waals surface area contributed by atoms with Gasteiger partial charge in [-0.15, -0.1) is 0 Å². The Bertz CT molecular complexity index is 1130. The Morgan fingerprint density at radius 3 is 2.74 bits per heavy atom. The van der Waals surface area contributed by atoms with E-state index in [4.69, 9.17) is 4.74 Å². The minimum Gasteiger partial charge on any atom is -0.378 e. The van der Waals surface area contributed by atoms with E-state index in [1.807, 2.05) is 43.0 Å². The van der Waals surface area contributed by atoms with Gasteiger partial charge in [-0.05, 0) is 32.4 Å². The van der Waals surface area contributed by atoms with Crippen LogP contribution < -0.4 is 15.8 Å². The molecule has 0 spiro atoms. The van der Waals surface area contributed by atoms with E-state index in [1.54, 1.807) is 0 Å². The van der Waals surface area contributed by atoms with Gasteiger partial charge in [0.1, 0.15) is 5.82 Å². The van der Waals surface area contributed by atoms with Crippen molar-refractivity contribution < 1.29 is 9.53 Å². The van der Waals surface area contributed by atoms with Gasteiger partial charge in [0.25, 0.3) is 5.56 Å². The van der Waals surface area contributed by atoms with Crippen LogP contribution in [0, 0.1) is 13.8 Å². The van der Waals surface area contributed by atoms with E-state index < -0.39 is 0 Å². The molecule has 0 atom stereocenters. The zero-order chi connectivity index (χ0) is 21.8. The molecule has 2 aromatic heterocycles. The molecule has 0 unspecified atom stereocenters. The number of aryl methyl sites for hydroxylation is 2. The summed E-state index contributed by atoms with van der Waals surface area (Å²) < 4.78 is 7.44. The first-order valence-electron chi connectivity index (χ1n) is 10.6. The topological polar surface area (TPSA) is 105 Å². The lowest BCUT2D eigenvalue weighted by Gasteiger charge is -2.27. The zero-order valence-electron chi connectivity index (χ0n) is 18.0. The van der Waals surface area contributed by atoms with Crippen molar-refractivity contribution in [2.45, 2.75) is 33.2 Å². The van der Waals surface area contributed by atoms with Gasteiger partial charge >= 0.3 is 0 Å². The first kappa shape index (κ1) is 21.0. The fraction of sp³-hybridized carbons (Fsp3) is 0.455. The number of anilines is 1. The van der Waals surface area contributed by atoms with E-state index in [0.717, 1.165) is 16.9 Å². The molecule has 31 heavy (non-hydrogen) atoms. The highest BCUT2D eigenvalue weighted by atomic mass is 16.5. The Hall–Kier alpha value is -3.20. The number of hydrogen-bond donors (Lipinski definition) is 2. The fourth-order valence-electron chi connectivity index (χ4n) is 3.93. The summed E-state index contributed by atoms with van der Waals surface area (Å²) in [6.45, 7) is 7.59. The minimum absolute atomic E-state index is 0.0851. The summed E-state index contributed by atoms with van der Waals surface area (Å²) in [7, 11) is 0. The molecule has 0 aliphatic carbocycles. The van der Waals surface area contributed by atoms with Crippen LogP contribution in [-0.4, -0.2) is 58.3 Å². The van der Waals surface area contributed by atoms with Gasteiger partial charge in [-0.1, -0.05) is 12.1 Å². The Morgan fingerprint density at radius 1 is 1.19 bits per heavy atom. The number of carbonyl (C=O) groups excluding carboxylic acids is 1. The molecule has 0 saturated carbocycles. The number of rotatable bonds is 7. The predicted molar refractivity (Wildman–Crippen MR) is 118 cm³/mol. The van der Waals surface area contributed by atoms with Crippen LogP contribution in [0.1, 0.15) is 23.5 Å². The molecule has 4 rings (SSSR count). The number of H-pyrrole nitrogens is 1. The molecular weight excluding hydrogens is 396 g/mol. The van der Waals surface area contributed by atoms with Crippen LogP contribution in [0.4, 0.5) is 5.95 Å². The van der Waals surface area contributed by atoms with E-state index in [0.29, 0.717) is 63.0 Å². The van der Waals surface area contributed by atoms with E-state index >= 15 is 0 Å². The number of carbonyl (C=O) groups is 1. The highest BCUT2D eigenvalue weighted by Gasteiger charge is 2.17. The number of hydrogen-bond acceptors (Lipinski definition) is 6. The molecule has 9 nitrogen and oxygen atoms in total. The smallest absolute Gasteiger partial charge is 0.255 e. The van der Waals surface area contributed by atoms with Crippen molar-refractivity contribution in [1.82, 2.24) is 24.8 Å². The molecule has 164 valence electrons. The monoisotopic (exact) mass is 424 g/mol. The number of imidazole rings is 1.